The van der Waals surface area contributed by atoms with Crippen LogP contribution in [0, 0.1) is 20.8 Å². The lowest BCUT2D eigenvalue weighted by atomic mass is 10.2. The average molecular weight is 337 g/mol. The molecular weight excluding hydrogens is 314 g/mol. The molecule has 0 N–H and O–H groups in total. The lowest BCUT2D eigenvalue weighted by Gasteiger charge is -2.18. The molecule has 1 aliphatic heterocycles. The fourth-order valence-electron chi connectivity index (χ4n) is 3.66. The van der Waals surface area contributed by atoms with Crippen LogP contribution in [-0.2, 0) is 0 Å². The van der Waals surface area contributed by atoms with Crippen LogP contribution in [0.2, 0.25) is 0 Å². The number of anilines is 1. The summed E-state index contributed by atoms with van der Waals surface area (Å²) in [5.74, 6) is 1.61. The normalized spacial score (nSPS) is 17.4. The molecular formula is C19H23N5O. The minimum atomic E-state index is 0.374. The second-order valence-corrected chi connectivity index (χ2v) is 6.75. The van der Waals surface area contributed by atoms with Gasteiger partial charge in [0.2, 0.25) is 5.95 Å². The van der Waals surface area contributed by atoms with Crippen molar-refractivity contribution in [3.8, 4) is 5.75 Å². The minimum Gasteiger partial charge on any atom is -0.497 e. The molecule has 1 aromatic carbocycles. The van der Waals surface area contributed by atoms with Gasteiger partial charge in [-0.25, -0.2) is 9.97 Å². The number of hydrogen-bond donors (Lipinski definition) is 0. The van der Waals surface area contributed by atoms with E-state index in [2.05, 4.69) is 27.7 Å². The van der Waals surface area contributed by atoms with Gasteiger partial charge in [-0.2, -0.15) is 5.10 Å². The molecule has 1 saturated heterocycles. The van der Waals surface area contributed by atoms with Crippen molar-refractivity contribution < 1.29 is 4.74 Å². The summed E-state index contributed by atoms with van der Waals surface area (Å²) in [7, 11) is 1.68. The first-order chi connectivity index (χ1) is 12.0. The number of methoxy groups -OCH3 is 1. The molecule has 0 bridgehead atoms. The van der Waals surface area contributed by atoms with Crippen molar-refractivity contribution in [1.82, 2.24) is 19.7 Å². The van der Waals surface area contributed by atoms with Gasteiger partial charge in [-0.1, -0.05) is 0 Å². The first-order valence-corrected chi connectivity index (χ1v) is 8.65. The van der Waals surface area contributed by atoms with Crippen molar-refractivity contribution in [3.63, 3.8) is 0 Å². The number of rotatable bonds is 3. The third-order valence-electron chi connectivity index (χ3n) is 4.92. The van der Waals surface area contributed by atoms with E-state index in [9.17, 15) is 0 Å². The molecule has 0 amide bonds. The molecule has 25 heavy (non-hydrogen) atoms. The second-order valence-electron chi connectivity index (χ2n) is 6.75. The molecule has 0 aliphatic carbocycles. The van der Waals surface area contributed by atoms with Crippen LogP contribution in [0.25, 0.3) is 10.9 Å². The molecule has 0 radical (unpaired) electrons. The minimum absolute atomic E-state index is 0.374. The largest absolute Gasteiger partial charge is 0.497 e. The van der Waals surface area contributed by atoms with Crippen LogP contribution in [0.1, 0.15) is 29.5 Å². The standard InChI is InChI=1S/C19H23N5O/c1-12-9-13(2)24(22-12)15-7-8-23(11-15)19-20-14(3)17-6-5-16(25-4)10-18(17)21-19/h5-6,9-10,15H,7-8,11H2,1-4H3/t15-/m1/s1. The van der Waals surface area contributed by atoms with E-state index in [0.717, 1.165) is 53.5 Å². The Balaban J connectivity index is 1.65. The Bertz CT molecular complexity index is 933. The summed E-state index contributed by atoms with van der Waals surface area (Å²) in [6.07, 6.45) is 1.06. The lowest BCUT2D eigenvalue weighted by Crippen LogP contribution is -2.24. The van der Waals surface area contributed by atoms with E-state index in [1.165, 1.54) is 5.69 Å². The molecule has 1 atom stereocenters. The van der Waals surface area contributed by atoms with Gasteiger partial charge in [0, 0.05) is 30.2 Å². The number of aromatic nitrogens is 4. The topological polar surface area (TPSA) is 56.1 Å². The highest BCUT2D eigenvalue weighted by Gasteiger charge is 2.27. The maximum Gasteiger partial charge on any atom is 0.226 e. The van der Waals surface area contributed by atoms with E-state index in [1.807, 2.05) is 32.0 Å². The van der Waals surface area contributed by atoms with Crippen LogP contribution < -0.4 is 9.64 Å². The molecule has 0 saturated carbocycles. The first kappa shape index (κ1) is 15.9. The monoisotopic (exact) mass is 337 g/mol. The highest BCUT2D eigenvalue weighted by Crippen LogP contribution is 2.28. The van der Waals surface area contributed by atoms with E-state index in [0.29, 0.717) is 6.04 Å². The van der Waals surface area contributed by atoms with Gasteiger partial charge in [-0.05, 0) is 45.4 Å². The Labute approximate surface area is 147 Å². The van der Waals surface area contributed by atoms with Gasteiger partial charge in [-0.15, -0.1) is 0 Å². The highest BCUT2D eigenvalue weighted by molar-refractivity contribution is 5.83. The summed E-state index contributed by atoms with van der Waals surface area (Å²) >= 11 is 0. The molecule has 1 aliphatic rings. The smallest absolute Gasteiger partial charge is 0.226 e. The van der Waals surface area contributed by atoms with Crippen molar-refractivity contribution in [2.24, 2.45) is 0 Å². The van der Waals surface area contributed by atoms with Crippen LogP contribution in [0.15, 0.2) is 24.3 Å². The van der Waals surface area contributed by atoms with Crippen molar-refractivity contribution in [2.45, 2.75) is 33.2 Å². The number of nitrogens with zero attached hydrogens (tertiary/aromatic N) is 5. The van der Waals surface area contributed by atoms with Crippen LogP contribution in [0.4, 0.5) is 5.95 Å². The number of fused-ring (bicyclic) bond motifs is 1. The number of aryl methyl sites for hydroxylation is 3. The van der Waals surface area contributed by atoms with E-state index < -0.39 is 0 Å². The first-order valence-electron chi connectivity index (χ1n) is 8.65. The number of benzene rings is 1. The molecule has 2 aromatic heterocycles. The molecule has 3 heterocycles. The molecule has 3 aromatic rings. The maximum atomic E-state index is 5.33. The molecule has 6 heteroatoms. The zero-order chi connectivity index (χ0) is 17.6. The maximum absolute atomic E-state index is 5.33. The van der Waals surface area contributed by atoms with Gasteiger partial charge in [0.15, 0.2) is 0 Å². The van der Waals surface area contributed by atoms with Gasteiger partial charge in [0.1, 0.15) is 5.75 Å². The quantitative estimate of drug-likeness (QED) is 0.734. The Hall–Kier alpha value is -2.63. The van der Waals surface area contributed by atoms with Crippen molar-refractivity contribution in [1.29, 1.82) is 0 Å². The average Bonchev–Trinajstić information content (AvgIpc) is 3.20. The summed E-state index contributed by atoms with van der Waals surface area (Å²) < 4.78 is 7.48. The van der Waals surface area contributed by atoms with E-state index in [4.69, 9.17) is 14.7 Å². The molecule has 6 nitrogen and oxygen atoms in total. The molecule has 0 unspecified atom stereocenters. The summed E-state index contributed by atoms with van der Waals surface area (Å²) in [6, 6.07) is 8.45. The highest BCUT2D eigenvalue weighted by atomic mass is 16.5. The lowest BCUT2D eigenvalue weighted by molar-refractivity contribution is 0.415. The van der Waals surface area contributed by atoms with Gasteiger partial charge in [0.05, 0.1) is 30.1 Å². The Morgan fingerprint density at radius 1 is 1.12 bits per heavy atom. The Kier molecular flexibility index (Phi) is 3.82. The predicted molar refractivity (Wildman–Crippen MR) is 98.4 cm³/mol. The van der Waals surface area contributed by atoms with Gasteiger partial charge < -0.3 is 9.64 Å². The number of hydrogen-bond acceptors (Lipinski definition) is 5. The molecule has 4 rings (SSSR count). The summed E-state index contributed by atoms with van der Waals surface area (Å²) in [6.45, 7) is 8.02. The summed E-state index contributed by atoms with van der Waals surface area (Å²) in [5.41, 5.74) is 4.21. The predicted octanol–water partition coefficient (Wildman–Crippen LogP) is 3.21. The van der Waals surface area contributed by atoms with E-state index in [1.54, 1.807) is 7.11 Å². The molecule has 0 spiro atoms. The van der Waals surface area contributed by atoms with E-state index in [-0.39, 0.29) is 0 Å². The fourth-order valence-corrected chi connectivity index (χ4v) is 3.66. The van der Waals surface area contributed by atoms with E-state index >= 15 is 0 Å². The van der Waals surface area contributed by atoms with Gasteiger partial charge in [-0.3, -0.25) is 4.68 Å². The van der Waals surface area contributed by atoms with Crippen molar-refractivity contribution in [2.75, 3.05) is 25.1 Å². The zero-order valence-electron chi connectivity index (χ0n) is 15.2. The molecule has 1 fully saturated rings. The Morgan fingerprint density at radius 3 is 2.68 bits per heavy atom. The Morgan fingerprint density at radius 2 is 1.96 bits per heavy atom. The third-order valence-corrected chi connectivity index (χ3v) is 4.92. The fraction of sp³-hybridized carbons (Fsp3) is 0.421. The van der Waals surface area contributed by atoms with Crippen LogP contribution in [0.3, 0.4) is 0 Å². The van der Waals surface area contributed by atoms with Gasteiger partial charge in [0.25, 0.3) is 0 Å². The van der Waals surface area contributed by atoms with Crippen molar-refractivity contribution >= 4 is 16.9 Å². The van der Waals surface area contributed by atoms with Gasteiger partial charge >= 0.3 is 0 Å². The van der Waals surface area contributed by atoms with Crippen LogP contribution in [0.5, 0.6) is 5.75 Å². The number of ether oxygens (including phenoxy) is 1. The summed E-state index contributed by atoms with van der Waals surface area (Å²) in [4.78, 5) is 11.8. The second kappa shape index (κ2) is 6.02. The summed E-state index contributed by atoms with van der Waals surface area (Å²) in [5, 5.41) is 5.71. The SMILES string of the molecule is COc1ccc2c(C)nc(N3CC[C@@H](n4nc(C)cc4C)C3)nc2c1. The molecule has 130 valence electrons. The third kappa shape index (κ3) is 2.81. The zero-order valence-corrected chi connectivity index (χ0v) is 15.2. The van der Waals surface area contributed by atoms with Crippen LogP contribution in [-0.4, -0.2) is 39.9 Å². The van der Waals surface area contributed by atoms with Crippen molar-refractivity contribution in [3.05, 3.63) is 41.3 Å². The van der Waals surface area contributed by atoms with Crippen LogP contribution >= 0.6 is 0 Å².